The third-order valence-corrected chi connectivity index (χ3v) is 4.90. The first-order valence-corrected chi connectivity index (χ1v) is 8.29. The van der Waals surface area contributed by atoms with Gasteiger partial charge in [-0.1, -0.05) is 6.92 Å². The Labute approximate surface area is 114 Å². The number of aromatic nitrogens is 2. The van der Waals surface area contributed by atoms with Gasteiger partial charge in [-0.2, -0.15) is 0 Å². The lowest BCUT2D eigenvalue weighted by Gasteiger charge is -2.23. The van der Waals surface area contributed by atoms with Crippen molar-refractivity contribution in [1.82, 2.24) is 19.6 Å². The summed E-state index contributed by atoms with van der Waals surface area (Å²) in [7, 11) is -3.47. The van der Waals surface area contributed by atoms with E-state index < -0.39 is 10.0 Å². The summed E-state index contributed by atoms with van der Waals surface area (Å²) >= 11 is 0. The fraction of sp³-hybridized carbons (Fsp3) is 0.750. The molecule has 1 aliphatic heterocycles. The van der Waals surface area contributed by atoms with Crippen LogP contribution in [0.2, 0.25) is 0 Å². The Kier molecular flexibility index (Phi) is 4.59. The maximum absolute atomic E-state index is 12.1. The van der Waals surface area contributed by atoms with Gasteiger partial charge in [0.2, 0.25) is 0 Å². The van der Waals surface area contributed by atoms with Gasteiger partial charge in [0.25, 0.3) is 10.0 Å². The van der Waals surface area contributed by atoms with Crippen LogP contribution in [0.25, 0.3) is 0 Å². The molecule has 1 saturated heterocycles. The van der Waals surface area contributed by atoms with E-state index in [1.807, 2.05) is 6.92 Å². The summed E-state index contributed by atoms with van der Waals surface area (Å²) in [6.45, 7) is 6.54. The van der Waals surface area contributed by atoms with Crippen LogP contribution in [0.15, 0.2) is 11.2 Å². The molecular formula is C12H22N4O2S. The summed E-state index contributed by atoms with van der Waals surface area (Å²) in [5.41, 5.74) is 0. The van der Waals surface area contributed by atoms with Crippen molar-refractivity contribution in [3.8, 4) is 0 Å². The second kappa shape index (κ2) is 6.02. The van der Waals surface area contributed by atoms with Crippen molar-refractivity contribution in [2.75, 3.05) is 19.6 Å². The van der Waals surface area contributed by atoms with Crippen LogP contribution in [0.3, 0.4) is 0 Å². The fourth-order valence-corrected chi connectivity index (χ4v) is 3.34. The summed E-state index contributed by atoms with van der Waals surface area (Å²) in [6.07, 6.45) is 4.48. The van der Waals surface area contributed by atoms with Gasteiger partial charge >= 0.3 is 0 Å². The normalized spacial score (nSPS) is 18.8. The lowest BCUT2D eigenvalue weighted by Crippen LogP contribution is -2.40. The molecule has 7 heteroatoms. The number of H-pyrrole nitrogens is 1. The Morgan fingerprint density at radius 1 is 1.47 bits per heavy atom. The number of nitrogens with zero attached hydrogens (tertiary/aromatic N) is 2. The van der Waals surface area contributed by atoms with E-state index in [9.17, 15) is 8.42 Å². The molecule has 0 amide bonds. The van der Waals surface area contributed by atoms with E-state index in [1.165, 1.54) is 19.0 Å². The molecule has 2 N–H and O–H groups in total. The van der Waals surface area contributed by atoms with Gasteiger partial charge in [0.05, 0.1) is 6.20 Å². The molecule has 2 rings (SSSR count). The minimum Gasteiger partial charge on any atom is -0.332 e. The van der Waals surface area contributed by atoms with Crippen molar-refractivity contribution < 1.29 is 8.42 Å². The van der Waals surface area contributed by atoms with Gasteiger partial charge in [-0.3, -0.25) is 4.90 Å². The van der Waals surface area contributed by atoms with E-state index in [1.54, 1.807) is 0 Å². The van der Waals surface area contributed by atoms with E-state index in [2.05, 4.69) is 26.5 Å². The van der Waals surface area contributed by atoms with E-state index >= 15 is 0 Å². The topological polar surface area (TPSA) is 78.1 Å². The number of rotatable bonds is 6. The average molecular weight is 286 g/mol. The van der Waals surface area contributed by atoms with Crippen LogP contribution in [0.1, 0.15) is 32.5 Å². The first-order valence-electron chi connectivity index (χ1n) is 6.80. The molecule has 1 fully saturated rings. The lowest BCUT2D eigenvalue weighted by molar-refractivity contribution is 0.260. The molecule has 0 saturated carbocycles. The molecular weight excluding hydrogens is 264 g/mol. The third-order valence-electron chi connectivity index (χ3n) is 3.56. The SMILES string of the molecule is CCc1ncc(S(=O)(=O)NCC(C)N2CCCC2)[nH]1. The Hall–Kier alpha value is -0.920. The standard InChI is InChI=1S/C12H22N4O2S/c1-3-11-13-9-12(15-11)19(17,18)14-8-10(2)16-6-4-5-7-16/h9-10,14H,3-8H2,1-2H3,(H,13,15). The zero-order valence-corrected chi connectivity index (χ0v) is 12.3. The summed E-state index contributed by atoms with van der Waals surface area (Å²) < 4.78 is 26.8. The van der Waals surface area contributed by atoms with Crippen molar-refractivity contribution >= 4 is 10.0 Å². The summed E-state index contributed by atoms with van der Waals surface area (Å²) in [4.78, 5) is 9.15. The van der Waals surface area contributed by atoms with Crippen LogP contribution in [0.4, 0.5) is 0 Å². The Morgan fingerprint density at radius 2 is 2.16 bits per heavy atom. The van der Waals surface area contributed by atoms with Crippen molar-refractivity contribution in [2.24, 2.45) is 0 Å². The second-order valence-electron chi connectivity index (χ2n) is 4.99. The van der Waals surface area contributed by atoms with Crippen LogP contribution >= 0.6 is 0 Å². The van der Waals surface area contributed by atoms with Crippen molar-refractivity contribution in [3.63, 3.8) is 0 Å². The van der Waals surface area contributed by atoms with Crippen LogP contribution in [-0.4, -0.2) is 49.0 Å². The average Bonchev–Trinajstić information content (AvgIpc) is 3.06. The highest BCUT2D eigenvalue weighted by Crippen LogP contribution is 2.12. The first kappa shape index (κ1) is 14.5. The molecule has 0 bridgehead atoms. The molecule has 1 aliphatic rings. The third kappa shape index (κ3) is 3.55. The number of hydrogen-bond acceptors (Lipinski definition) is 4. The van der Waals surface area contributed by atoms with E-state index in [0.717, 1.165) is 13.1 Å². The van der Waals surface area contributed by atoms with Crippen molar-refractivity contribution in [1.29, 1.82) is 0 Å². The number of aromatic amines is 1. The van der Waals surface area contributed by atoms with Crippen molar-refractivity contribution in [2.45, 2.75) is 44.2 Å². The summed E-state index contributed by atoms with van der Waals surface area (Å²) in [5.74, 6) is 0.688. The monoisotopic (exact) mass is 286 g/mol. The largest absolute Gasteiger partial charge is 0.332 e. The Balaban J connectivity index is 1.93. The predicted octanol–water partition coefficient (Wildman–Crippen LogP) is 0.735. The van der Waals surface area contributed by atoms with Gasteiger partial charge < -0.3 is 4.98 Å². The number of likely N-dealkylation sites (tertiary alicyclic amines) is 1. The van der Waals surface area contributed by atoms with Crippen LogP contribution in [0, 0.1) is 0 Å². The van der Waals surface area contributed by atoms with E-state index in [-0.39, 0.29) is 11.1 Å². The number of sulfonamides is 1. The smallest absolute Gasteiger partial charge is 0.257 e. The molecule has 108 valence electrons. The van der Waals surface area contributed by atoms with Gasteiger partial charge in [0.1, 0.15) is 5.82 Å². The Bertz CT molecular complexity index is 506. The minimum absolute atomic E-state index is 0.151. The van der Waals surface area contributed by atoms with Crippen LogP contribution in [0.5, 0.6) is 0 Å². The zero-order valence-electron chi connectivity index (χ0n) is 11.5. The molecule has 0 aliphatic carbocycles. The molecule has 6 nitrogen and oxygen atoms in total. The highest BCUT2D eigenvalue weighted by Gasteiger charge is 2.22. The fourth-order valence-electron chi connectivity index (χ4n) is 2.28. The molecule has 1 atom stereocenters. The number of aryl methyl sites for hydroxylation is 1. The maximum Gasteiger partial charge on any atom is 0.257 e. The van der Waals surface area contributed by atoms with Gasteiger partial charge in [-0.15, -0.1) is 0 Å². The molecule has 1 unspecified atom stereocenters. The summed E-state index contributed by atoms with van der Waals surface area (Å²) in [5, 5.41) is 0.151. The van der Waals surface area contributed by atoms with E-state index in [0.29, 0.717) is 18.8 Å². The highest BCUT2D eigenvalue weighted by molar-refractivity contribution is 7.89. The molecule has 0 radical (unpaired) electrons. The van der Waals surface area contributed by atoms with Gasteiger partial charge in [-0.25, -0.2) is 18.1 Å². The second-order valence-corrected chi connectivity index (χ2v) is 6.73. The predicted molar refractivity (Wildman–Crippen MR) is 73.4 cm³/mol. The quantitative estimate of drug-likeness (QED) is 0.808. The lowest BCUT2D eigenvalue weighted by atomic mass is 10.3. The Morgan fingerprint density at radius 3 is 2.74 bits per heavy atom. The summed E-state index contributed by atoms with van der Waals surface area (Å²) in [6, 6.07) is 0.228. The molecule has 1 aromatic rings. The van der Waals surface area contributed by atoms with E-state index in [4.69, 9.17) is 0 Å². The van der Waals surface area contributed by atoms with Gasteiger partial charge in [0.15, 0.2) is 5.03 Å². The van der Waals surface area contributed by atoms with Gasteiger partial charge in [0, 0.05) is 19.0 Å². The molecule has 0 aromatic carbocycles. The number of hydrogen-bond donors (Lipinski definition) is 2. The number of nitrogens with one attached hydrogen (secondary N) is 2. The molecule has 0 spiro atoms. The minimum atomic E-state index is -3.47. The first-order chi connectivity index (χ1) is 9.03. The van der Waals surface area contributed by atoms with Gasteiger partial charge in [-0.05, 0) is 32.9 Å². The highest BCUT2D eigenvalue weighted by atomic mass is 32.2. The molecule has 1 aromatic heterocycles. The molecule has 19 heavy (non-hydrogen) atoms. The van der Waals surface area contributed by atoms with Crippen LogP contribution < -0.4 is 4.72 Å². The zero-order chi connectivity index (χ0) is 13.9. The van der Waals surface area contributed by atoms with Crippen molar-refractivity contribution in [3.05, 3.63) is 12.0 Å². The van der Waals surface area contributed by atoms with Crippen LogP contribution in [-0.2, 0) is 16.4 Å². The molecule has 2 heterocycles. The maximum atomic E-state index is 12.1. The number of imidazole rings is 1.